The van der Waals surface area contributed by atoms with Crippen molar-refractivity contribution in [1.29, 1.82) is 0 Å². The largest absolute Gasteiger partial charge is 0.805 e. The van der Waals surface area contributed by atoms with E-state index in [0.29, 0.717) is 22.0 Å². The molecule has 0 bridgehead atoms. The molecule has 2 atom stereocenters. The molecule has 0 spiro atoms. The smallest absolute Gasteiger partial charge is 0.303 e. The van der Waals surface area contributed by atoms with Crippen molar-refractivity contribution in [2.75, 3.05) is 0 Å². The van der Waals surface area contributed by atoms with Crippen molar-refractivity contribution in [3.63, 3.8) is 0 Å². The van der Waals surface area contributed by atoms with Gasteiger partial charge in [0.15, 0.2) is 6.10 Å². The number of ether oxygens (including phenoxy) is 2. The Morgan fingerprint density at radius 2 is 1.64 bits per heavy atom. The lowest BCUT2D eigenvalue weighted by Gasteiger charge is -2.31. The SMILES string of the molecule is CC(=O)O[C@H]1CC[C@H](OC(C)=O)c2c1n([O-])c(C)c(C)[n+]2=O. The fraction of sp³-hybridized carbons (Fsp3) is 0.571. The highest BCUT2D eigenvalue weighted by molar-refractivity contribution is 5.67. The normalized spacial score (nSPS) is 20.2. The van der Waals surface area contributed by atoms with Gasteiger partial charge in [-0.3, -0.25) is 9.59 Å². The summed E-state index contributed by atoms with van der Waals surface area (Å²) in [7, 11) is 0. The van der Waals surface area contributed by atoms with Crippen LogP contribution in [0.1, 0.15) is 61.7 Å². The van der Waals surface area contributed by atoms with Crippen LogP contribution in [0.2, 0.25) is 0 Å². The molecule has 22 heavy (non-hydrogen) atoms. The summed E-state index contributed by atoms with van der Waals surface area (Å²) in [6.45, 7) is 5.49. The van der Waals surface area contributed by atoms with Crippen molar-refractivity contribution in [2.24, 2.45) is 0 Å². The van der Waals surface area contributed by atoms with Gasteiger partial charge in [-0.25, -0.2) is 0 Å². The summed E-state index contributed by atoms with van der Waals surface area (Å²) in [6.07, 6.45) is -1.04. The summed E-state index contributed by atoms with van der Waals surface area (Å²) in [4.78, 5) is 34.9. The van der Waals surface area contributed by atoms with E-state index in [1.807, 2.05) is 0 Å². The van der Waals surface area contributed by atoms with Crippen molar-refractivity contribution in [3.8, 4) is 0 Å². The highest BCUT2D eigenvalue weighted by Crippen LogP contribution is 2.38. The molecular formula is C14H18N2O6. The van der Waals surface area contributed by atoms with Crippen molar-refractivity contribution < 1.29 is 23.5 Å². The van der Waals surface area contributed by atoms with Gasteiger partial charge in [0.05, 0.1) is 10.1 Å². The van der Waals surface area contributed by atoms with Gasteiger partial charge in [-0.15, -0.1) is 0 Å². The molecule has 1 aromatic heterocycles. The molecule has 1 aliphatic rings. The number of carbonyl (C=O) groups is 2. The zero-order valence-corrected chi connectivity index (χ0v) is 12.9. The van der Waals surface area contributed by atoms with Crippen LogP contribution in [0.4, 0.5) is 0 Å². The number of rotatable bonds is 2. The number of esters is 2. The van der Waals surface area contributed by atoms with Crippen LogP contribution in [0.25, 0.3) is 0 Å². The molecule has 0 amide bonds. The Labute approximate surface area is 126 Å². The second-order valence-electron chi connectivity index (χ2n) is 5.30. The van der Waals surface area contributed by atoms with Gasteiger partial charge < -0.3 is 19.4 Å². The van der Waals surface area contributed by atoms with Crippen LogP contribution in [0.15, 0.2) is 0 Å². The van der Waals surface area contributed by atoms with Gasteiger partial charge in [-0.05, 0) is 19.8 Å². The van der Waals surface area contributed by atoms with Crippen LogP contribution in [0.3, 0.4) is 0 Å². The van der Waals surface area contributed by atoms with Gasteiger partial charge in [0.1, 0.15) is 11.8 Å². The predicted molar refractivity (Wildman–Crippen MR) is 74.3 cm³/mol. The molecule has 0 saturated heterocycles. The minimum Gasteiger partial charge on any atom is -0.805 e. The van der Waals surface area contributed by atoms with Crippen molar-refractivity contribution in [1.82, 2.24) is 4.73 Å². The first kappa shape index (κ1) is 16.0. The Balaban J connectivity index is 2.67. The van der Waals surface area contributed by atoms with Gasteiger partial charge in [0.25, 0.3) is 5.69 Å². The van der Waals surface area contributed by atoms with Gasteiger partial charge in [-0.2, -0.15) is 0 Å². The monoisotopic (exact) mass is 310 g/mol. The maximum Gasteiger partial charge on any atom is 0.303 e. The van der Waals surface area contributed by atoms with Crippen LogP contribution in [-0.4, -0.2) is 16.7 Å². The van der Waals surface area contributed by atoms with E-state index in [-0.39, 0.29) is 22.8 Å². The molecule has 1 aliphatic carbocycles. The van der Waals surface area contributed by atoms with E-state index >= 15 is 0 Å². The highest BCUT2D eigenvalue weighted by atomic mass is 16.6. The molecular weight excluding hydrogens is 292 g/mol. The Morgan fingerprint density at radius 3 is 2.18 bits per heavy atom. The van der Waals surface area contributed by atoms with Crippen molar-refractivity contribution >= 4 is 11.9 Å². The van der Waals surface area contributed by atoms with Crippen LogP contribution in [-0.2, 0) is 19.1 Å². The molecule has 1 aromatic rings. The molecule has 0 aliphatic heterocycles. The lowest BCUT2D eigenvalue weighted by Crippen LogP contribution is -2.38. The second-order valence-corrected chi connectivity index (χ2v) is 5.30. The predicted octanol–water partition coefficient (Wildman–Crippen LogP) is 1.37. The zero-order valence-electron chi connectivity index (χ0n) is 12.9. The van der Waals surface area contributed by atoms with Crippen LogP contribution < -0.4 is 4.43 Å². The summed E-state index contributed by atoms with van der Waals surface area (Å²) in [5.41, 5.74) is 0.500. The maximum atomic E-state index is 12.4. The number of hydrogen-bond donors (Lipinski definition) is 0. The summed E-state index contributed by atoms with van der Waals surface area (Å²) < 4.78 is 11.5. The van der Waals surface area contributed by atoms with Gasteiger partial charge in [0.2, 0.25) is 0 Å². The molecule has 0 fully saturated rings. The van der Waals surface area contributed by atoms with E-state index in [0.717, 1.165) is 0 Å². The third-order valence-electron chi connectivity index (χ3n) is 3.75. The number of carbonyl (C=O) groups excluding carboxylic acids is 2. The first-order valence-electron chi connectivity index (χ1n) is 6.94. The van der Waals surface area contributed by atoms with E-state index in [1.54, 1.807) is 0 Å². The van der Waals surface area contributed by atoms with Crippen molar-refractivity contribution in [2.45, 2.75) is 52.7 Å². The molecule has 1 heterocycles. The molecule has 8 nitrogen and oxygen atoms in total. The molecule has 0 unspecified atom stereocenters. The van der Waals surface area contributed by atoms with Gasteiger partial charge in [0, 0.05) is 25.7 Å². The van der Waals surface area contributed by atoms with Crippen LogP contribution in [0.5, 0.6) is 0 Å². The van der Waals surface area contributed by atoms with E-state index in [1.165, 1.54) is 27.7 Å². The minimum atomic E-state index is -0.823. The molecule has 0 radical (unpaired) electrons. The second kappa shape index (κ2) is 5.78. The minimum absolute atomic E-state index is 0.0331. The summed E-state index contributed by atoms with van der Waals surface area (Å²) in [5, 5.41) is 12.4. The van der Waals surface area contributed by atoms with E-state index in [2.05, 4.69) is 0 Å². The molecule has 8 heteroatoms. The first-order chi connectivity index (χ1) is 10.2. The standard InChI is InChI=1S/C14H18N2O6/c1-7-8(2)16(20)14-12(22-10(4)18)6-5-11(21-9(3)17)13(14)15(7)19/h11-12H,5-6H2,1-4H3/t11-,12-/m0/s1. The lowest BCUT2D eigenvalue weighted by atomic mass is 9.94. The number of aromatic nitrogens is 2. The Hall–Kier alpha value is -2.38. The Kier molecular flexibility index (Phi) is 4.20. The average Bonchev–Trinajstić information content (AvgIpc) is 2.42. The molecule has 2 rings (SSSR count). The fourth-order valence-corrected chi connectivity index (χ4v) is 2.66. The van der Waals surface area contributed by atoms with E-state index < -0.39 is 24.1 Å². The highest BCUT2D eigenvalue weighted by Gasteiger charge is 2.41. The molecule has 0 saturated carbocycles. The molecule has 0 N–H and O–H groups in total. The fourth-order valence-electron chi connectivity index (χ4n) is 2.66. The Bertz CT molecular complexity index is 694. The summed E-state index contributed by atoms with van der Waals surface area (Å²) in [5.74, 6) is -1.09. The van der Waals surface area contributed by atoms with Crippen molar-refractivity contribution in [3.05, 3.63) is 32.9 Å². The third kappa shape index (κ3) is 2.68. The molecule has 120 valence electrons. The maximum absolute atomic E-state index is 12.4. The quantitative estimate of drug-likeness (QED) is 0.603. The van der Waals surface area contributed by atoms with Gasteiger partial charge >= 0.3 is 17.6 Å². The summed E-state index contributed by atoms with van der Waals surface area (Å²) >= 11 is 0. The molecule has 0 aromatic carbocycles. The van der Waals surface area contributed by atoms with Crippen LogP contribution >= 0.6 is 0 Å². The first-order valence-corrected chi connectivity index (χ1v) is 6.94. The summed E-state index contributed by atoms with van der Waals surface area (Å²) in [6, 6.07) is 0. The number of fused-ring (bicyclic) bond motifs is 1. The third-order valence-corrected chi connectivity index (χ3v) is 3.75. The lowest BCUT2D eigenvalue weighted by molar-refractivity contribution is -0.522. The van der Waals surface area contributed by atoms with E-state index in [4.69, 9.17) is 9.47 Å². The van der Waals surface area contributed by atoms with E-state index in [9.17, 15) is 19.7 Å². The number of hydrogen-bond acceptors (Lipinski definition) is 6. The number of nitrogens with zero attached hydrogens (tertiary/aromatic N) is 2. The van der Waals surface area contributed by atoms with Gasteiger partial charge in [-0.1, -0.05) is 0 Å². The van der Waals surface area contributed by atoms with Crippen LogP contribution in [0, 0.1) is 24.0 Å². The average molecular weight is 310 g/mol. The Morgan fingerprint density at radius 1 is 1.14 bits per heavy atom. The zero-order chi connectivity index (χ0) is 16.6. The topological polar surface area (TPSA) is 104 Å².